The van der Waals surface area contributed by atoms with Crippen molar-refractivity contribution in [2.45, 2.75) is 47.0 Å². The average Bonchev–Trinajstić information content (AvgIpc) is 3.68. The van der Waals surface area contributed by atoms with Crippen LogP contribution in [0.4, 0.5) is 0 Å². The summed E-state index contributed by atoms with van der Waals surface area (Å²) in [4.78, 5) is 14.9. The van der Waals surface area contributed by atoms with E-state index in [0.717, 1.165) is 72.4 Å². The number of hydrogen-bond donors (Lipinski definition) is 0. The molecule has 0 unspecified atom stereocenters. The summed E-state index contributed by atoms with van der Waals surface area (Å²) < 4.78 is 11.0. The molecule has 0 amide bonds. The van der Waals surface area contributed by atoms with E-state index in [-0.39, 0.29) is 5.41 Å². The third-order valence-corrected chi connectivity index (χ3v) is 9.88. The number of aromatic nitrogens is 5. The van der Waals surface area contributed by atoms with Crippen molar-refractivity contribution in [2.75, 3.05) is 0 Å². The number of fused-ring (bicyclic) bond motifs is 9. The number of rotatable bonds is 4. The third-order valence-electron chi connectivity index (χ3n) is 9.88. The van der Waals surface area contributed by atoms with E-state index in [1.807, 2.05) is 42.7 Å². The van der Waals surface area contributed by atoms with Crippen LogP contribution < -0.4 is 4.74 Å². The SMILES string of the molecule is Cc1cc(C)c(-c2cn3c4ncccc4c4ccc(Oc5cccc(-n6c7cc(C(C)(C)C)ccc7c7cccnc76)c5)cc4c3n2)c(C)c1. The number of aryl methyl sites for hydroxylation is 3. The van der Waals surface area contributed by atoms with Gasteiger partial charge in [-0.05, 0) is 109 Å². The Morgan fingerprint density at radius 3 is 2.06 bits per heavy atom. The number of hydrogen-bond acceptors (Lipinski definition) is 4. The van der Waals surface area contributed by atoms with Gasteiger partial charge >= 0.3 is 0 Å². The van der Waals surface area contributed by atoms with Crippen molar-refractivity contribution in [1.29, 1.82) is 0 Å². The number of benzene rings is 4. The quantitative estimate of drug-likeness (QED) is 0.178. The molecule has 0 aliphatic carbocycles. The summed E-state index contributed by atoms with van der Waals surface area (Å²) in [6.07, 6.45) is 5.83. The molecule has 9 aromatic rings. The Labute approximate surface area is 290 Å². The van der Waals surface area contributed by atoms with Crippen molar-refractivity contribution < 1.29 is 4.74 Å². The van der Waals surface area contributed by atoms with E-state index in [0.29, 0.717) is 0 Å². The average molecular weight is 652 g/mol. The molecule has 5 heterocycles. The van der Waals surface area contributed by atoms with E-state index in [1.54, 1.807) is 0 Å². The van der Waals surface area contributed by atoms with Gasteiger partial charge in [-0.1, -0.05) is 56.7 Å². The van der Waals surface area contributed by atoms with Crippen LogP contribution in [0, 0.1) is 20.8 Å². The first-order valence-corrected chi connectivity index (χ1v) is 17.1. The van der Waals surface area contributed by atoms with Crippen LogP contribution in [0.5, 0.6) is 11.5 Å². The van der Waals surface area contributed by atoms with Crippen molar-refractivity contribution in [2.24, 2.45) is 0 Å². The molecule has 5 aromatic heterocycles. The van der Waals surface area contributed by atoms with Gasteiger partial charge in [0, 0.05) is 51.8 Å². The molecule has 0 saturated heterocycles. The van der Waals surface area contributed by atoms with Crippen molar-refractivity contribution in [1.82, 2.24) is 23.9 Å². The Balaban J connectivity index is 1.18. The summed E-state index contributed by atoms with van der Waals surface area (Å²) in [5, 5.41) is 5.47. The topological polar surface area (TPSA) is 57.2 Å². The van der Waals surface area contributed by atoms with Gasteiger partial charge in [0.2, 0.25) is 0 Å². The molecule has 4 aromatic carbocycles. The zero-order chi connectivity index (χ0) is 34.3. The van der Waals surface area contributed by atoms with Gasteiger partial charge < -0.3 is 4.74 Å². The molecule has 0 bridgehead atoms. The van der Waals surface area contributed by atoms with Gasteiger partial charge in [-0.3, -0.25) is 8.97 Å². The molecule has 0 radical (unpaired) electrons. The Morgan fingerprint density at radius 1 is 0.600 bits per heavy atom. The Bertz CT molecular complexity index is 2790. The van der Waals surface area contributed by atoms with Crippen molar-refractivity contribution >= 4 is 49.4 Å². The summed E-state index contributed by atoms with van der Waals surface area (Å²) >= 11 is 0. The second-order valence-electron chi connectivity index (χ2n) is 14.5. The first-order chi connectivity index (χ1) is 24.1. The minimum Gasteiger partial charge on any atom is -0.457 e. The Kier molecular flexibility index (Phi) is 6.62. The predicted octanol–water partition coefficient (Wildman–Crippen LogP) is 11.2. The third kappa shape index (κ3) is 4.74. The van der Waals surface area contributed by atoms with E-state index < -0.39 is 0 Å². The minimum absolute atomic E-state index is 0.0180. The van der Waals surface area contributed by atoms with Gasteiger partial charge in [-0.2, -0.15) is 0 Å². The highest BCUT2D eigenvalue weighted by atomic mass is 16.5. The van der Waals surface area contributed by atoms with Crippen LogP contribution in [0.25, 0.3) is 66.3 Å². The molecule has 244 valence electrons. The summed E-state index contributed by atoms with van der Waals surface area (Å²) in [7, 11) is 0. The maximum atomic E-state index is 6.64. The van der Waals surface area contributed by atoms with Crippen LogP contribution in [-0.4, -0.2) is 23.9 Å². The van der Waals surface area contributed by atoms with Gasteiger partial charge in [0.25, 0.3) is 0 Å². The normalized spacial score (nSPS) is 12.2. The monoisotopic (exact) mass is 651 g/mol. The zero-order valence-electron chi connectivity index (χ0n) is 29.1. The standard InChI is InChI=1S/C44H37N5O/c1-26-20-27(2)40(28(3)21-26)38-25-48-41-35(12-8-18-45-41)33-17-15-32(24-37(33)43(48)47-38)50-31-11-7-10-30(23-31)49-39-22-29(44(4,5)6)14-16-34(39)36-13-9-19-46-42(36)49/h7-25H,1-6H3. The highest BCUT2D eigenvalue weighted by Crippen LogP contribution is 2.38. The molecule has 0 aliphatic heterocycles. The van der Waals surface area contributed by atoms with Crippen molar-refractivity contribution in [3.8, 4) is 28.4 Å². The molecular formula is C44H37N5O. The second kappa shape index (κ2) is 11.0. The lowest BCUT2D eigenvalue weighted by molar-refractivity contribution is 0.483. The van der Waals surface area contributed by atoms with Gasteiger partial charge in [-0.15, -0.1) is 0 Å². The fourth-order valence-corrected chi connectivity index (χ4v) is 7.64. The molecule has 0 saturated carbocycles. The van der Waals surface area contributed by atoms with Crippen LogP contribution in [-0.2, 0) is 5.41 Å². The van der Waals surface area contributed by atoms with E-state index in [9.17, 15) is 0 Å². The number of pyridine rings is 3. The smallest absolute Gasteiger partial charge is 0.147 e. The predicted molar refractivity (Wildman–Crippen MR) is 205 cm³/mol. The molecule has 6 nitrogen and oxygen atoms in total. The summed E-state index contributed by atoms with van der Waals surface area (Å²) in [5.74, 6) is 1.48. The molecule has 6 heteroatoms. The highest BCUT2D eigenvalue weighted by molar-refractivity contribution is 6.11. The lowest BCUT2D eigenvalue weighted by Crippen LogP contribution is -2.10. The fraction of sp³-hybridized carbons (Fsp3) is 0.159. The van der Waals surface area contributed by atoms with Gasteiger partial charge in [-0.25, -0.2) is 15.0 Å². The van der Waals surface area contributed by atoms with Crippen LogP contribution in [0.2, 0.25) is 0 Å². The maximum Gasteiger partial charge on any atom is 0.147 e. The highest BCUT2D eigenvalue weighted by Gasteiger charge is 2.20. The Morgan fingerprint density at radius 2 is 1.30 bits per heavy atom. The molecule has 9 rings (SSSR count). The molecular weight excluding hydrogens is 615 g/mol. The first kappa shape index (κ1) is 30.1. The Hall–Kier alpha value is -6.01. The molecule has 0 aliphatic rings. The minimum atomic E-state index is 0.0180. The first-order valence-electron chi connectivity index (χ1n) is 17.1. The van der Waals surface area contributed by atoms with Crippen LogP contribution in [0.3, 0.4) is 0 Å². The van der Waals surface area contributed by atoms with Gasteiger partial charge in [0.05, 0.1) is 16.9 Å². The van der Waals surface area contributed by atoms with Gasteiger partial charge in [0.15, 0.2) is 0 Å². The van der Waals surface area contributed by atoms with E-state index >= 15 is 0 Å². The molecule has 0 atom stereocenters. The summed E-state index contributed by atoms with van der Waals surface area (Å²) in [6.45, 7) is 13.2. The molecule has 0 spiro atoms. The van der Waals surface area contributed by atoms with E-state index in [1.165, 1.54) is 27.6 Å². The van der Waals surface area contributed by atoms with Crippen molar-refractivity contribution in [3.63, 3.8) is 0 Å². The summed E-state index contributed by atoms with van der Waals surface area (Å²) in [6, 6.07) is 34.0. The lowest BCUT2D eigenvalue weighted by Gasteiger charge is -2.19. The molecule has 50 heavy (non-hydrogen) atoms. The van der Waals surface area contributed by atoms with Gasteiger partial charge in [0.1, 0.15) is 28.4 Å². The largest absolute Gasteiger partial charge is 0.457 e. The fourth-order valence-electron chi connectivity index (χ4n) is 7.64. The van der Waals surface area contributed by atoms with Crippen molar-refractivity contribution in [3.05, 3.63) is 138 Å². The zero-order valence-corrected chi connectivity index (χ0v) is 29.1. The van der Waals surface area contributed by atoms with E-state index in [2.05, 4.69) is 123 Å². The molecule has 0 N–H and O–H groups in total. The van der Waals surface area contributed by atoms with E-state index in [4.69, 9.17) is 19.7 Å². The van der Waals surface area contributed by atoms with Crippen LogP contribution in [0.1, 0.15) is 43.0 Å². The number of imidazole rings is 1. The second-order valence-corrected chi connectivity index (χ2v) is 14.5. The number of nitrogens with zero attached hydrogens (tertiary/aromatic N) is 5. The lowest BCUT2D eigenvalue weighted by atomic mass is 9.86. The van der Waals surface area contributed by atoms with Crippen LogP contribution >= 0.6 is 0 Å². The summed E-state index contributed by atoms with van der Waals surface area (Å²) in [5.41, 5.74) is 11.9. The number of ether oxygens (including phenoxy) is 1. The maximum absolute atomic E-state index is 6.64. The molecule has 0 fully saturated rings. The van der Waals surface area contributed by atoms with Crippen LogP contribution in [0.15, 0.2) is 116 Å².